The van der Waals surface area contributed by atoms with Gasteiger partial charge < -0.3 is 5.21 Å². The maximum atomic E-state index is 13.1. The topological polar surface area (TPSA) is 32.6 Å². The minimum absolute atomic E-state index is 0.292. The van der Waals surface area contributed by atoms with Gasteiger partial charge in [0.1, 0.15) is 0 Å². The van der Waals surface area contributed by atoms with E-state index >= 15 is 0 Å². The van der Waals surface area contributed by atoms with Crippen molar-refractivity contribution in [2.24, 2.45) is 5.16 Å². The van der Waals surface area contributed by atoms with E-state index in [9.17, 15) is 8.78 Å². The maximum absolute atomic E-state index is 13.1. The van der Waals surface area contributed by atoms with Gasteiger partial charge in [-0.15, -0.1) is 0 Å². The number of rotatable bonds is 3. The highest BCUT2D eigenvalue weighted by atomic mass is 19.2. The lowest BCUT2D eigenvalue weighted by atomic mass is 10.0. The Morgan fingerprint density at radius 1 is 1.00 bits per heavy atom. The fourth-order valence-corrected chi connectivity index (χ4v) is 1.66. The molecule has 2 nitrogen and oxygen atoms in total. The molecule has 92 valence electrons. The lowest BCUT2D eigenvalue weighted by Crippen LogP contribution is -2.06. The van der Waals surface area contributed by atoms with E-state index in [1.54, 1.807) is 0 Å². The van der Waals surface area contributed by atoms with Gasteiger partial charge in [-0.05, 0) is 23.8 Å². The minimum atomic E-state index is -0.957. The monoisotopic (exact) mass is 247 g/mol. The molecule has 1 N–H and O–H groups in total. The first kappa shape index (κ1) is 12.2. The summed E-state index contributed by atoms with van der Waals surface area (Å²) in [6.45, 7) is 0. The molecule has 18 heavy (non-hydrogen) atoms. The number of oxime groups is 1. The second kappa shape index (κ2) is 5.40. The Kier molecular flexibility index (Phi) is 3.67. The van der Waals surface area contributed by atoms with Crippen molar-refractivity contribution in [3.63, 3.8) is 0 Å². The molecule has 0 saturated heterocycles. The van der Waals surface area contributed by atoms with Crippen molar-refractivity contribution in [1.29, 1.82) is 0 Å². The van der Waals surface area contributed by atoms with Crippen LogP contribution in [0.5, 0.6) is 0 Å². The van der Waals surface area contributed by atoms with Crippen LogP contribution in [0.1, 0.15) is 11.1 Å². The molecule has 0 unspecified atom stereocenters. The van der Waals surface area contributed by atoms with Gasteiger partial charge in [-0.25, -0.2) is 8.78 Å². The summed E-state index contributed by atoms with van der Waals surface area (Å²) in [4.78, 5) is 0. The highest BCUT2D eigenvalue weighted by Crippen LogP contribution is 2.12. The summed E-state index contributed by atoms with van der Waals surface area (Å²) in [7, 11) is 0. The van der Waals surface area contributed by atoms with Crippen LogP contribution in [0.25, 0.3) is 0 Å². The van der Waals surface area contributed by atoms with Crippen molar-refractivity contribution in [1.82, 2.24) is 0 Å². The molecule has 0 aromatic heterocycles. The summed E-state index contributed by atoms with van der Waals surface area (Å²) >= 11 is 0. The molecule has 0 bridgehead atoms. The molecular formula is C14H11F2NO. The molecule has 0 amide bonds. The second-order valence-corrected chi connectivity index (χ2v) is 3.84. The Hall–Kier alpha value is -2.23. The lowest BCUT2D eigenvalue weighted by Gasteiger charge is -2.05. The van der Waals surface area contributed by atoms with Crippen molar-refractivity contribution < 1.29 is 14.0 Å². The van der Waals surface area contributed by atoms with E-state index in [0.29, 0.717) is 17.7 Å². The molecule has 0 aliphatic rings. The Labute approximate surface area is 103 Å². The minimum Gasteiger partial charge on any atom is -0.411 e. The summed E-state index contributed by atoms with van der Waals surface area (Å²) in [5.41, 5.74) is 1.58. The number of benzene rings is 2. The van der Waals surface area contributed by atoms with Crippen LogP contribution in [0.2, 0.25) is 0 Å². The SMILES string of the molecule is ON=C(Cc1ccccc1)c1ccc(F)c(F)c1. The zero-order valence-corrected chi connectivity index (χ0v) is 9.48. The highest BCUT2D eigenvalue weighted by Gasteiger charge is 2.09. The lowest BCUT2D eigenvalue weighted by molar-refractivity contribution is 0.318. The average molecular weight is 247 g/mol. The van der Waals surface area contributed by atoms with Crippen LogP contribution in [0.3, 0.4) is 0 Å². The first-order valence-electron chi connectivity index (χ1n) is 5.41. The summed E-state index contributed by atoms with van der Waals surface area (Å²) in [5.74, 6) is -1.88. The molecule has 0 fully saturated rings. The Morgan fingerprint density at radius 3 is 2.33 bits per heavy atom. The van der Waals surface area contributed by atoms with Gasteiger partial charge in [0.2, 0.25) is 0 Å². The number of hydrogen-bond acceptors (Lipinski definition) is 2. The first-order chi connectivity index (χ1) is 8.70. The molecular weight excluding hydrogens is 236 g/mol. The molecule has 0 aliphatic carbocycles. The Bertz CT molecular complexity index is 567. The van der Waals surface area contributed by atoms with Crippen molar-refractivity contribution in [2.45, 2.75) is 6.42 Å². The molecule has 0 spiro atoms. The quantitative estimate of drug-likeness (QED) is 0.503. The van der Waals surface area contributed by atoms with Crippen LogP contribution < -0.4 is 0 Å². The fraction of sp³-hybridized carbons (Fsp3) is 0.0714. The predicted octanol–water partition coefficient (Wildman–Crippen LogP) is 3.39. The molecule has 2 aromatic carbocycles. The number of halogens is 2. The van der Waals surface area contributed by atoms with Crippen LogP contribution in [-0.2, 0) is 6.42 Å². The van der Waals surface area contributed by atoms with Gasteiger partial charge in [0, 0.05) is 12.0 Å². The largest absolute Gasteiger partial charge is 0.411 e. The van der Waals surface area contributed by atoms with Crippen molar-refractivity contribution in [3.05, 3.63) is 71.3 Å². The van der Waals surface area contributed by atoms with E-state index in [4.69, 9.17) is 5.21 Å². The van der Waals surface area contributed by atoms with Gasteiger partial charge in [-0.2, -0.15) is 0 Å². The molecule has 0 aliphatic heterocycles. The van der Waals surface area contributed by atoms with E-state index in [2.05, 4.69) is 5.16 Å². The van der Waals surface area contributed by atoms with Crippen molar-refractivity contribution in [2.75, 3.05) is 0 Å². The summed E-state index contributed by atoms with van der Waals surface area (Å²) in [5, 5.41) is 12.1. The Morgan fingerprint density at radius 2 is 1.72 bits per heavy atom. The van der Waals surface area contributed by atoms with Crippen LogP contribution in [0.4, 0.5) is 8.78 Å². The molecule has 0 heterocycles. The van der Waals surface area contributed by atoms with Gasteiger partial charge in [-0.3, -0.25) is 0 Å². The fourth-order valence-electron chi connectivity index (χ4n) is 1.66. The normalized spacial score (nSPS) is 11.6. The smallest absolute Gasteiger partial charge is 0.159 e. The highest BCUT2D eigenvalue weighted by molar-refractivity contribution is 6.01. The third-order valence-electron chi connectivity index (χ3n) is 2.59. The van der Waals surface area contributed by atoms with Gasteiger partial charge in [0.15, 0.2) is 11.6 Å². The predicted molar refractivity (Wildman–Crippen MR) is 64.8 cm³/mol. The number of hydrogen-bond donors (Lipinski definition) is 1. The number of nitrogens with zero attached hydrogens (tertiary/aromatic N) is 1. The zero-order chi connectivity index (χ0) is 13.0. The molecule has 0 radical (unpaired) electrons. The third kappa shape index (κ3) is 2.71. The van der Waals surface area contributed by atoms with Crippen LogP contribution in [0.15, 0.2) is 53.7 Å². The summed E-state index contributed by atoms with van der Waals surface area (Å²) in [6, 6.07) is 12.7. The van der Waals surface area contributed by atoms with Gasteiger partial charge in [0.05, 0.1) is 5.71 Å². The molecule has 0 saturated carbocycles. The molecule has 2 rings (SSSR count). The first-order valence-corrected chi connectivity index (χ1v) is 5.41. The zero-order valence-electron chi connectivity index (χ0n) is 9.48. The van der Waals surface area contributed by atoms with Crippen molar-refractivity contribution >= 4 is 5.71 Å². The standard InChI is InChI=1S/C14H11F2NO/c15-12-7-6-11(9-13(12)16)14(17-18)8-10-4-2-1-3-5-10/h1-7,9,18H,8H2. The van der Waals surface area contributed by atoms with Crippen LogP contribution in [-0.4, -0.2) is 10.9 Å². The average Bonchev–Trinajstić information content (AvgIpc) is 2.40. The van der Waals surface area contributed by atoms with E-state index in [-0.39, 0.29) is 0 Å². The maximum Gasteiger partial charge on any atom is 0.159 e. The van der Waals surface area contributed by atoms with Crippen LogP contribution >= 0.6 is 0 Å². The van der Waals surface area contributed by atoms with Gasteiger partial charge in [-0.1, -0.05) is 35.5 Å². The van der Waals surface area contributed by atoms with Gasteiger partial charge in [0.25, 0.3) is 0 Å². The summed E-state index contributed by atoms with van der Waals surface area (Å²) in [6.07, 6.45) is 0.350. The second-order valence-electron chi connectivity index (χ2n) is 3.84. The van der Waals surface area contributed by atoms with E-state index in [0.717, 1.165) is 17.7 Å². The summed E-state index contributed by atoms with van der Waals surface area (Å²) < 4.78 is 25.9. The third-order valence-corrected chi connectivity index (χ3v) is 2.59. The Balaban J connectivity index is 2.27. The molecule has 2 aromatic rings. The van der Waals surface area contributed by atoms with E-state index < -0.39 is 11.6 Å². The van der Waals surface area contributed by atoms with Crippen molar-refractivity contribution in [3.8, 4) is 0 Å². The van der Waals surface area contributed by atoms with Crippen LogP contribution in [0, 0.1) is 11.6 Å². The molecule has 4 heteroatoms. The van der Waals surface area contributed by atoms with Gasteiger partial charge >= 0.3 is 0 Å². The van der Waals surface area contributed by atoms with E-state index in [1.807, 2.05) is 30.3 Å². The van der Waals surface area contributed by atoms with E-state index in [1.165, 1.54) is 6.07 Å². The molecule has 0 atom stereocenters.